The van der Waals surface area contributed by atoms with Gasteiger partial charge in [0, 0.05) is 12.4 Å². The third-order valence-corrected chi connectivity index (χ3v) is 1.90. The highest BCUT2D eigenvalue weighted by Crippen LogP contribution is 2.17. The molecule has 0 fully saturated rings. The molecule has 4 nitrogen and oxygen atoms in total. The van der Waals surface area contributed by atoms with Gasteiger partial charge >= 0.3 is 0 Å². The minimum absolute atomic E-state index is 0.883. The maximum Gasteiger partial charge on any atom is 0.0931 e. The number of nitrogens with zero attached hydrogens (tertiary/aromatic N) is 3. The number of rotatable bonds is 1. The normalized spacial score (nSPS) is 10.3. The van der Waals surface area contributed by atoms with Gasteiger partial charge in [-0.15, -0.1) is 0 Å². The fraction of sp³-hybridized carbons (Fsp3) is 0.111. The summed E-state index contributed by atoms with van der Waals surface area (Å²) >= 11 is 0. The van der Waals surface area contributed by atoms with Gasteiger partial charge in [0.05, 0.1) is 17.4 Å². The smallest absolute Gasteiger partial charge is 0.0931 e. The van der Waals surface area contributed by atoms with Gasteiger partial charge in [-0.25, -0.2) is 5.84 Å². The first-order valence-corrected chi connectivity index (χ1v) is 3.97. The van der Waals surface area contributed by atoms with E-state index in [4.69, 9.17) is 5.84 Å². The van der Waals surface area contributed by atoms with Crippen LogP contribution >= 0.6 is 0 Å². The van der Waals surface area contributed by atoms with Crippen molar-refractivity contribution in [1.29, 1.82) is 0 Å². The Morgan fingerprint density at radius 1 is 1.31 bits per heavy atom. The number of hydrogen-bond donors (Lipinski definition) is 1. The van der Waals surface area contributed by atoms with Gasteiger partial charge in [0.2, 0.25) is 0 Å². The van der Waals surface area contributed by atoms with Crippen LogP contribution in [0, 0.1) is 0 Å². The minimum atomic E-state index is 0.883. The number of fused-ring (bicyclic) bond motifs is 1. The van der Waals surface area contributed by atoms with Crippen molar-refractivity contribution in [1.82, 2.24) is 10.2 Å². The van der Waals surface area contributed by atoms with Gasteiger partial charge in [0.15, 0.2) is 0 Å². The fourth-order valence-electron chi connectivity index (χ4n) is 1.20. The maximum atomic E-state index is 5.60. The highest BCUT2D eigenvalue weighted by Gasteiger charge is 1.98. The quantitative estimate of drug-likeness (QED) is 0.516. The molecule has 2 aromatic rings. The second-order valence-corrected chi connectivity index (χ2v) is 2.89. The number of hydrogen-bond acceptors (Lipinski definition) is 4. The van der Waals surface area contributed by atoms with Crippen LogP contribution < -0.4 is 10.9 Å². The van der Waals surface area contributed by atoms with Gasteiger partial charge in [-0.3, -0.25) is 0 Å². The van der Waals surface area contributed by atoms with E-state index in [9.17, 15) is 0 Å². The van der Waals surface area contributed by atoms with Crippen molar-refractivity contribution in [3.63, 3.8) is 0 Å². The molecular weight excluding hydrogens is 164 g/mol. The van der Waals surface area contributed by atoms with Gasteiger partial charge in [-0.1, -0.05) is 0 Å². The Morgan fingerprint density at radius 3 is 2.92 bits per heavy atom. The second-order valence-electron chi connectivity index (χ2n) is 2.89. The van der Waals surface area contributed by atoms with E-state index in [0.717, 1.165) is 16.6 Å². The molecule has 0 radical (unpaired) electrons. The summed E-state index contributed by atoms with van der Waals surface area (Å²) in [6, 6.07) is 7.71. The molecule has 0 saturated heterocycles. The predicted molar refractivity (Wildman–Crippen MR) is 52.1 cm³/mol. The lowest BCUT2D eigenvalue weighted by atomic mass is 10.2. The molecule has 4 heteroatoms. The molecule has 2 N–H and O–H groups in total. The molecule has 0 amide bonds. The first-order chi connectivity index (χ1) is 6.27. The molecule has 0 aliphatic rings. The monoisotopic (exact) mass is 174 g/mol. The Morgan fingerprint density at radius 2 is 2.15 bits per heavy atom. The SMILES string of the molecule is CN(N)c1ccc2nnccc2c1. The molecule has 0 atom stereocenters. The van der Waals surface area contributed by atoms with Crippen molar-refractivity contribution >= 4 is 16.6 Å². The largest absolute Gasteiger partial charge is 0.314 e. The first-order valence-electron chi connectivity index (χ1n) is 3.97. The zero-order chi connectivity index (χ0) is 9.26. The van der Waals surface area contributed by atoms with Crippen LogP contribution in [0.25, 0.3) is 10.9 Å². The summed E-state index contributed by atoms with van der Waals surface area (Å²) in [7, 11) is 1.80. The van der Waals surface area contributed by atoms with Crippen LogP contribution in [0.15, 0.2) is 30.5 Å². The summed E-state index contributed by atoms with van der Waals surface area (Å²) in [5.74, 6) is 5.60. The van der Waals surface area contributed by atoms with Gasteiger partial charge in [-0.2, -0.15) is 10.2 Å². The summed E-state index contributed by atoms with van der Waals surface area (Å²) in [6.07, 6.45) is 1.67. The molecule has 13 heavy (non-hydrogen) atoms. The molecule has 0 spiro atoms. The number of hydrazine groups is 1. The van der Waals surface area contributed by atoms with E-state index < -0.39 is 0 Å². The molecule has 1 aromatic heterocycles. The van der Waals surface area contributed by atoms with Gasteiger partial charge < -0.3 is 5.01 Å². The lowest BCUT2D eigenvalue weighted by molar-refractivity contribution is 1.02. The summed E-state index contributed by atoms with van der Waals surface area (Å²) in [4.78, 5) is 0. The average molecular weight is 174 g/mol. The molecule has 2 rings (SSSR count). The Balaban J connectivity index is 2.62. The standard InChI is InChI=1S/C9H10N4/c1-13(10)8-2-3-9-7(6-8)4-5-11-12-9/h2-6H,10H2,1H3. The summed E-state index contributed by atoms with van der Waals surface area (Å²) < 4.78 is 0. The van der Waals surface area contributed by atoms with Crippen LogP contribution in [0.3, 0.4) is 0 Å². The van der Waals surface area contributed by atoms with Crippen molar-refractivity contribution in [2.75, 3.05) is 12.1 Å². The van der Waals surface area contributed by atoms with E-state index in [1.165, 1.54) is 0 Å². The van der Waals surface area contributed by atoms with Crippen molar-refractivity contribution in [3.05, 3.63) is 30.5 Å². The minimum Gasteiger partial charge on any atom is -0.314 e. The van der Waals surface area contributed by atoms with Crippen molar-refractivity contribution in [3.8, 4) is 0 Å². The topological polar surface area (TPSA) is 55.0 Å². The number of aromatic nitrogens is 2. The number of benzene rings is 1. The Hall–Kier alpha value is -1.68. The van der Waals surface area contributed by atoms with E-state index >= 15 is 0 Å². The van der Waals surface area contributed by atoms with Gasteiger partial charge in [-0.05, 0) is 24.3 Å². The third-order valence-electron chi connectivity index (χ3n) is 1.90. The fourth-order valence-corrected chi connectivity index (χ4v) is 1.20. The molecule has 1 aromatic carbocycles. The van der Waals surface area contributed by atoms with E-state index in [0.29, 0.717) is 0 Å². The first kappa shape index (κ1) is 7.94. The summed E-state index contributed by atoms with van der Waals surface area (Å²) in [5.41, 5.74) is 1.84. The average Bonchev–Trinajstić information content (AvgIpc) is 2.17. The van der Waals surface area contributed by atoms with Gasteiger partial charge in [0.25, 0.3) is 0 Å². The summed E-state index contributed by atoms with van der Waals surface area (Å²) in [5, 5.41) is 10.4. The van der Waals surface area contributed by atoms with Crippen LogP contribution in [0.4, 0.5) is 5.69 Å². The highest BCUT2D eigenvalue weighted by molar-refractivity contribution is 5.81. The Bertz CT molecular complexity index is 425. The zero-order valence-corrected chi connectivity index (χ0v) is 7.31. The van der Waals surface area contributed by atoms with Crippen LogP contribution in [-0.2, 0) is 0 Å². The molecule has 0 bridgehead atoms. The molecule has 0 unspecified atom stereocenters. The van der Waals surface area contributed by atoms with Crippen LogP contribution in [0.2, 0.25) is 0 Å². The van der Waals surface area contributed by atoms with Crippen LogP contribution in [0.1, 0.15) is 0 Å². The summed E-state index contributed by atoms with van der Waals surface area (Å²) in [6.45, 7) is 0. The molecule has 0 saturated carbocycles. The maximum absolute atomic E-state index is 5.60. The lowest BCUT2D eigenvalue weighted by Gasteiger charge is -2.11. The molecule has 0 aliphatic heterocycles. The van der Waals surface area contributed by atoms with Crippen molar-refractivity contribution < 1.29 is 0 Å². The second kappa shape index (κ2) is 2.99. The highest BCUT2D eigenvalue weighted by atomic mass is 15.4. The molecule has 66 valence electrons. The zero-order valence-electron chi connectivity index (χ0n) is 7.31. The van der Waals surface area contributed by atoms with E-state index in [-0.39, 0.29) is 0 Å². The van der Waals surface area contributed by atoms with E-state index in [1.54, 1.807) is 18.3 Å². The Labute approximate surface area is 76.0 Å². The van der Waals surface area contributed by atoms with Crippen LogP contribution in [-0.4, -0.2) is 17.2 Å². The molecule has 0 aliphatic carbocycles. The van der Waals surface area contributed by atoms with Gasteiger partial charge in [0.1, 0.15) is 0 Å². The van der Waals surface area contributed by atoms with Crippen LogP contribution in [0.5, 0.6) is 0 Å². The van der Waals surface area contributed by atoms with E-state index in [2.05, 4.69) is 10.2 Å². The van der Waals surface area contributed by atoms with E-state index in [1.807, 2.05) is 24.3 Å². The number of anilines is 1. The Kier molecular flexibility index (Phi) is 1.83. The molecular formula is C9H10N4. The number of nitrogens with two attached hydrogens (primary N) is 1. The third kappa shape index (κ3) is 1.43. The van der Waals surface area contributed by atoms with Crippen molar-refractivity contribution in [2.45, 2.75) is 0 Å². The lowest BCUT2D eigenvalue weighted by Crippen LogP contribution is -2.24. The predicted octanol–water partition coefficient (Wildman–Crippen LogP) is 0.940. The molecule has 1 heterocycles. The van der Waals surface area contributed by atoms with Crippen molar-refractivity contribution in [2.24, 2.45) is 5.84 Å².